The van der Waals surface area contributed by atoms with Gasteiger partial charge in [-0.2, -0.15) is 0 Å². The second-order valence-corrected chi connectivity index (χ2v) is 7.07. The second kappa shape index (κ2) is 7.63. The maximum Gasteiger partial charge on any atom is 0.215 e. The molecular formula is C14H24N2O4S. The molecule has 0 aromatic heterocycles. The van der Waals surface area contributed by atoms with Gasteiger partial charge >= 0.3 is 0 Å². The van der Waals surface area contributed by atoms with Crippen molar-refractivity contribution in [3.63, 3.8) is 0 Å². The fraction of sp³-hybridized carbons (Fsp3) is 0.571. The maximum atomic E-state index is 12.0. The van der Waals surface area contributed by atoms with Crippen LogP contribution in [0.25, 0.3) is 0 Å². The Morgan fingerprint density at radius 1 is 1.33 bits per heavy atom. The minimum absolute atomic E-state index is 0.0537. The van der Waals surface area contributed by atoms with Gasteiger partial charge in [0, 0.05) is 17.8 Å². The number of anilines is 1. The molecule has 6 nitrogen and oxygen atoms in total. The van der Waals surface area contributed by atoms with Crippen LogP contribution in [0.2, 0.25) is 0 Å². The third-order valence-electron chi connectivity index (χ3n) is 3.35. The van der Waals surface area contributed by atoms with Gasteiger partial charge in [-0.15, -0.1) is 0 Å². The topological polar surface area (TPSA) is 102 Å². The average molecular weight is 316 g/mol. The van der Waals surface area contributed by atoms with E-state index in [0.29, 0.717) is 24.3 Å². The van der Waals surface area contributed by atoms with Crippen molar-refractivity contribution in [3.8, 4) is 5.75 Å². The summed E-state index contributed by atoms with van der Waals surface area (Å²) in [6, 6.07) is 6.77. The van der Waals surface area contributed by atoms with Crippen LogP contribution in [-0.2, 0) is 10.0 Å². The van der Waals surface area contributed by atoms with E-state index < -0.39 is 15.6 Å². The number of nitrogens with two attached hydrogens (primary N) is 1. The highest BCUT2D eigenvalue weighted by Gasteiger charge is 2.27. The van der Waals surface area contributed by atoms with Gasteiger partial charge in [0.2, 0.25) is 10.0 Å². The third-order valence-corrected chi connectivity index (χ3v) is 4.85. The van der Waals surface area contributed by atoms with E-state index in [9.17, 15) is 8.42 Å². The van der Waals surface area contributed by atoms with Crippen LogP contribution >= 0.6 is 0 Å². The molecule has 1 atom stereocenters. The molecule has 0 saturated heterocycles. The van der Waals surface area contributed by atoms with E-state index >= 15 is 0 Å². The average Bonchev–Trinajstić information content (AvgIpc) is 2.40. The molecule has 0 amide bonds. The predicted molar refractivity (Wildman–Crippen MR) is 83.7 cm³/mol. The first-order valence-electron chi connectivity index (χ1n) is 6.91. The molecule has 1 aromatic carbocycles. The molecular weight excluding hydrogens is 292 g/mol. The SMILES string of the molecule is CCC(C)(CCO)NS(=O)(=O)CCOc1ccc(N)cc1. The molecule has 1 aromatic rings. The minimum atomic E-state index is -3.46. The van der Waals surface area contributed by atoms with Crippen LogP contribution in [0.3, 0.4) is 0 Å². The Morgan fingerprint density at radius 3 is 2.48 bits per heavy atom. The molecule has 21 heavy (non-hydrogen) atoms. The van der Waals surface area contributed by atoms with Crippen molar-refractivity contribution < 1.29 is 18.3 Å². The molecule has 0 radical (unpaired) electrons. The van der Waals surface area contributed by atoms with Gasteiger partial charge in [0.25, 0.3) is 0 Å². The van der Waals surface area contributed by atoms with E-state index in [2.05, 4.69) is 4.72 Å². The predicted octanol–water partition coefficient (Wildman–Crippen LogP) is 1.12. The molecule has 120 valence electrons. The lowest BCUT2D eigenvalue weighted by molar-refractivity contribution is 0.233. The number of nitrogens with one attached hydrogen (secondary N) is 1. The Balaban J connectivity index is 2.51. The Hall–Kier alpha value is -1.31. The quantitative estimate of drug-likeness (QED) is 0.593. The molecule has 1 unspecified atom stereocenters. The van der Waals surface area contributed by atoms with E-state index in [-0.39, 0.29) is 19.0 Å². The number of hydrogen-bond donors (Lipinski definition) is 3. The molecule has 0 fully saturated rings. The van der Waals surface area contributed by atoms with Crippen molar-refractivity contribution in [2.24, 2.45) is 0 Å². The van der Waals surface area contributed by atoms with Crippen molar-refractivity contribution in [2.45, 2.75) is 32.2 Å². The number of ether oxygens (including phenoxy) is 1. The monoisotopic (exact) mass is 316 g/mol. The van der Waals surface area contributed by atoms with Gasteiger partial charge < -0.3 is 15.6 Å². The summed E-state index contributed by atoms with van der Waals surface area (Å²) in [5, 5.41) is 9.01. The molecule has 0 aliphatic carbocycles. The van der Waals surface area contributed by atoms with Crippen LogP contribution in [0, 0.1) is 0 Å². The molecule has 4 N–H and O–H groups in total. The van der Waals surface area contributed by atoms with Crippen molar-refractivity contribution in [1.29, 1.82) is 0 Å². The van der Waals surface area contributed by atoms with Crippen molar-refractivity contribution >= 4 is 15.7 Å². The largest absolute Gasteiger partial charge is 0.492 e. The molecule has 0 bridgehead atoms. The van der Waals surface area contributed by atoms with Crippen molar-refractivity contribution in [1.82, 2.24) is 4.72 Å². The van der Waals surface area contributed by atoms with Gasteiger partial charge in [-0.25, -0.2) is 13.1 Å². The highest BCUT2D eigenvalue weighted by Crippen LogP contribution is 2.16. The number of sulfonamides is 1. The Bertz CT molecular complexity index is 530. The zero-order valence-corrected chi connectivity index (χ0v) is 13.3. The highest BCUT2D eigenvalue weighted by atomic mass is 32.2. The van der Waals surface area contributed by atoms with Crippen LogP contribution in [0.4, 0.5) is 5.69 Å². The van der Waals surface area contributed by atoms with E-state index in [1.807, 2.05) is 6.92 Å². The van der Waals surface area contributed by atoms with Gasteiger partial charge in [-0.1, -0.05) is 6.92 Å². The van der Waals surface area contributed by atoms with Crippen molar-refractivity contribution in [3.05, 3.63) is 24.3 Å². The summed E-state index contributed by atoms with van der Waals surface area (Å²) in [7, 11) is -3.46. The van der Waals surface area contributed by atoms with E-state index in [4.69, 9.17) is 15.6 Å². The van der Waals surface area contributed by atoms with Crippen LogP contribution in [-0.4, -0.2) is 38.0 Å². The zero-order valence-electron chi connectivity index (χ0n) is 12.5. The van der Waals surface area contributed by atoms with Gasteiger partial charge in [0.15, 0.2) is 0 Å². The first-order chi connectivity index (χ1) is 9.80. The Morgan fingerprint density at radius 2 is 1.95 bits per heavy atom. The number of aliphatic hydroxyl groups is 1. The second-order valence-electron chi connectivity index (χ2n) is 5.23. The Labute approximate surface area is 126 Å². The number of nitrogen functional groups attached to an aromatic ring is 1. The fourth-order valence-electron chi connectivity index (χ4n) is 1.81. The van der Waals surface area contributed by atoms with Crippen molar-refractivity contribution in [2.75, 3.05) is 24.7 Å². The van der Waals surface area contributed by atoms with Gasteiger partial charge in [-0.05, 0) is 44.0 Å². The first-order valence-corrected chi connectivity index (χ1v) is 8.56. The van der Waals surface area contributed by atoms with E-state index in [1.165, 1.54) is 0 Å². The van der Waals surface area contributed by atoms with Crippen LogP contribution in [0.15, 0.2) is 24.3 Å². The third kappa shape index (κ3) is 6.33. The Kier molecular flexibility index (Phi) is 6.44. The maximum absolute atomic E-state index is 12.0. The lowest BCUT2D eigenvalue weighted by Crippen LogP contribution is -2.47. The summed E-state index contributed by atoms with van der Waals surface area (Å²) in [6.07, 6.45) is 0.979. The molecule has 0 saturated carbocycles. The highest BCUT2D eigenvalue weighted by molar-refractivity contribution is 7.89. The number of aliphatic hydroxyl groups excluding tert-OH is 1. The lowest BCUT2D eigenvalue weighted by atomic mass is 9.97. The molecule has 1 rings (SSSR count). The van der Waals surface area contributed by atoms with E-state index in [1.54, 1.807) is 31.2 Å². The number of rotatable bonds is 9. The summed E-state index contributed by atoms with van der Waals surface area (Å²) in [4.78, 5) is 0. The molecule has 0 aliphatic heterocycles. The number of hydrogen-bond acceptors (Lipinski definition) is 5. The molecule has 0 spiro atoms. The number of benzene rings is 1. The van der Waals surface area contributed by atoms with Gasteiger partial charge in [0.1, 0.15) is 12.4 Å². The molecule has 0 aliphatic rings. The summed E-state index contributed by atoms with van der Waals surface area (Å²) < 4.78 is 32.1. The standard InChI is InChI=1S/C14H24N2O4S/c1-3-14(2,8-9-17)16-21(18,19)11-10-20-13-6-4-12(15)5-7-13/h4-7,16-17H,3,8-11,15H2,1-2H3. The lowest BCUT2D eigenvalue weighted by Gasteiger charge is -2.28. The minimum Gasteiger partial charge on any atom is -0.492 e. The molecule has 7 heteroatoms. The zero-order chi connectivity index (χ0) is 15.9. The van der Waals surface area contributed by atoms with Gasteiger partial charge in [0.05, 0.1) is 5.75 Å². The summed E-state index contributed by atoms with van der Waals surface area (Å²) in [6.45, 7) is 3.65. The van der Waals surface area contributed by atoms with E-state index in [0.717, 1.165) is 0 Å². The molecule has 0 heterocycles. The fourth-order valence-corrected chi connectivity index (χ4v) is 3.21. The smallest absolute Gasteiger partial charge is 0.215 e. The normalized spacial score (nSPS) is 14.6. The summed E-state index contributed by atoms with van der Waals surface area (Å²) in [5.41, 5.74) is 5.55. The summed E-state index contributed by atoms with van der Waals surface area (Å²) >= 11 is 0. The summed E-state index contributed by atoms with van der Waals surface area (Å²) in [5.74, 6) is 0.436. The van der Waals surface area contributed by atoms with Crippen LogP contribution in [0.1, 0.15) is 26.7 Å². The van der Waals surface area contributed by atoms with Crippen LogP contribution < -0.4 is 15.2 Å². The van der Waals surface area contributed by atoms with Crippen LogP contribution in [0.5, 0.6) is 5.75 Å². The first kappa shape index (κ1) is 17.7. The van der Waals surface area contributed by atoms with Gasteiger partial charge in [-0.3, -0.25) is 0 Å².